The predicted molar refractivity (Wildman–Crippen MR) is 95.9 cm³/mol. The van der Waals surface area contributed by atoms with Gasteiger partial charge in [-0.2, -0.15) is 0 Å². The van der Waals surface area contributed by atoms with E-state index in [9.17, 15) is 19.2 Å². The first kappa shape index (κ1) is 23.4. The highest BCUT2D eigenvalue weighted by Gasteiger charge is 2.40. The standard InChI is InChI=1S/C17H29NO6S/c1-7-11(4)15(21)18-14(16(22)24-9-3)17(5,6)25-13(20)10-12(19)23-8-2/h11,14H,7-10H2,1-6H3,(H,18,21). The molecule has 0 rings (SSSR count). The van der Waals surface area contributed by atoms with E-state index in [0.717, 1.165) is 11.8 Å². The van der Waals surface area contributed by atoms with Crippen molar-refractivity contribution in [1.82, 2.24) is 5.32 Å². The lowest BCUT2D eigenvalue weighted by Crippen LogP contribution is -2.54. The zero-order valence-electron chi connectivity index (χ0n) is 15.8. The number of ether oxygens (including phenoxy) is 2. The first-order valence-electron chi connectivity index (χ1n) is 8.43. The third-order valence-electron chi connectivity index (χ3n) is 3.53. The summed E-state index contributed by atoms with van der Waals surface area (Å²) in [6.07, 6.45) is 0.230. The maximum atomic E-state index is 12.3. The molecule has 0 aromatic rings. The molecule has 7 nitrogen and oxygen atoms in total. The minimum Gasteiger partial charge on any atom is -0.466 e. The summed E-state index contributed by atoms with van der Waals surface area (Å²) < 4.78 is 8.80. The first-order chi connectivity index (χ1) is 11.6. The highest BCUT2D eigenvalue weighted by atomic mass is 32.2. The van der Waals surface area contributed by atoms with Gasteiger partial charge in [0.15, 0.2) is 0 Å². The van der Waals surface area contributed by atoms with Crippen LogP contribution in [-0.2, 0) is 28.7 Å². The van der Waals surface area contributed by atoms with Crippen LogP contribution in [0.3, 0.4) is 0 Å². The Labute approximate surface area is 153 Å². The summed E-state index contributed by atoms with van der Waals surface area (Å²) >= 11 is 0.824. The number of amides is 1. The van der Waals surface area contributed by atoms with Gasteiger partial charge in [0.1, 0.15) is 12.5 Å². The van der Waals surface area contributed by atoms with E-state index in [1.807, 2.05) is 6.92 Å². The molecule has 1 amide bonds. The van der Waals surface area contributed by atoms with E-state index in [0.29, 0.717) is 6.42 Å². The second kappa shape index (κ2) is 11.1. The van der Waals surface area contributed by atoms with Gasteiger partial charge in [0.05, 0.1) is 13.2 Å². The Hall–Kier alpha value is -1.57. The average Bonchev–Trinajstić information content (AvgIpc) is 2.50. The number of hydrogen-bond acceptors (Lipinski definition) is 7. The van der Waals surface area contributed by atoms with Gasteiger partial charge in [-0.1, -0.05) is 25.6 Å². The zero-order chi connectivity index (χ0) is 19.6. The van der Waals surface area contributed by atoms with Crippen LogP contribution in [-0.4, -0.2) is 47.0 Å². The quantitative estimate of drug-likeness (QED) is 0.461. The summed E-state index contributed by atoms with van der Waals surface area (Å²) in [5.41, 5.74) is 0. The van der Waals surface area contributed by atoms with Crippen LogP contribution in [0.15, 0.2) is 0 Å². The van der Waals surface area contributed by atoms with Crippen LogP contribution < -0.4 is 5.32 Å². The van der Waals surface area contributed by atoms with E-state index in [-0.39, 0.29) is 25.0 Å². The fourth-order valence-electron chi connectivity index (χ4n) is 1.93. The average molecular weight is 375 g/mol. The molecular formula is C17H29NO6S. The molecule has 0 aliphatic heterocycles. The number of esters is 2. The Morgan fingerprint density at radius 2 is 1.60 bits per heavy atom. The van der Waals surface area contributed by atoms with Crippen molar-refractivity contribution in [1.29, 1.82) is 0 Å². The highest BCUT2D eigenvalue weighted by Crippen LogP contribution is 2.31. The molecule has 0 radical (unpaired) electrons. The van der Waals surface area contributed by atoms with Crippen molar-refractivity contribution in [3.8, 4) is 0 Å². The molecular weight excluding hydrogens is 346 g/mol. The molecule has 0 heterocycles. The normalized spacial score (nSPS) is 13.5. The van der Waals surface area contributed by atoms with Gasteiger partial charge in [-0.25, -0.2) is 4.79 Å². The third-order valence-corrected chi connectivity index (χ3v) is 4.67. The van der Waals surface area contributed by atoms with Crippen LogP contribution in [0.4, 0.5) is 0 Å². The molecule has 0 aromatic heterocycles. The van der Waals surface area contributed by atoms with E-state index in [2.05, 4.69) is 5.32 Å². The molecule has 8 heteroatoms. The smallest absolute Gasteiger partial charge is 0.330 e. The summed E-state index contributed by atoms with van der Waals surface area (Å²) in [6, 6.07) is -1.01. The van der Waals surface area contributed by atoms with Gasteiger partial charge in [0.25, 0.3) is 0 Å². The van der Waals surface area contributed by atoms with Crippen LogP contribution in [0.1, 0.15) is 54.4 Å². The molecule has 144 valence electrons. The molecule has 0 spiro atoms. The second-order valence-corrected chi connectivity index (χ2v) is 7.77. The van der Waals surface area contributed by atoms with Crippen LogP contribution in [0.25, 0.3) is 0 Å². The van der Waals surface area contributed by atoms with Gasteiger partial charge in [0.2, 0.25) is 11.0 Å². The lowest BCUT2D eigenvalue weighted by molar-refractivity contribution is -0.148. The lowest BCUT2D eigenvalue weighted by atomic mass is 10.0. The summed E-state index contributed by atoms with van der Waals surface area (Å²) in [7, 11) is 0. The van der Waals surface area contributed by atoms with Crippen LogP contribution in [0.5, 0.6) is 0 Å². The van der Waals surface area contributed by atoms with E-state index in [4.69, 9.17) is 9.47 Å². The fourth-order valence-corrected chi connectivity index (χ4v) is 2.98. The number of thioether (sulfide) groups is 1. The van der Waals surface area contributed by atoms with Crippen molar-refractivity contribution >= 4 is 34.7 Å². The number of carbonyl (C=O) groups is 4. The van der Waals surface area contributed by atoms with Crippen molar-refractivity contribution in [2.45, 2.75) is 65.2 Å². The van der Waals surface area contributed by atoms with Crippen molar-refractivity contribution in [3.63, 3.8) is 0 Å². The van der Waals surface area contributed by atoms with Gasteiger partial charge < -0.3 is 14.8 Å². The Bertz CT molecular complexity index is 492. The predicted octanol–water partition coefficient (Wildman–Crippen LogP) is 2.07. The molecule has 0 aromatic carbocycles. The summed E-state index contributed by atoms with van der Waals surface area (Å²) in [5.74, 6) is -1.78. The van der Waals surface area contributed by atoms with Crippen molar-refractivity contribution < 1.29 is 28.7 Å². The first-order valence-corrected chi connectivity index (χ1v) is 9.25. The molecule has 2 unspecified atom stereocenters. The van der Waals surface area contributed by atoms with E-state index in [1.165, 1.54) is 0 Å². The Kier molecular flexibility index (Phi) is 10.4. The number of hydrogen-bond donors (Lipinski definition) is 1. The lowest BCUT2D eigenvalue weighted by Gasteiger charge is -2.32. The number of carbonyl (C=O) groups excluding carboxylic acids is 4. The topological polar surface area (TPSA) is 98.8 Å². The van der Waals surface area contributed by atoms with Crippen LogP contribution in [0.2, 0.25) is 0 Å². The van der Waals surface area contributed by atoms with Crippen LogP contribution >= 0.6 is 11.8 Å². The molecule has 2 atom stereocenters. The molecule has 1 N–H and O–H groups in total. The summed E-state index contributed by atoms with van der Waals surface area (Å²) in [4.78, 5) is 48.0. The van der Waals surface area contributed by atoms with Gasteiger partial charge in [-0.05, 0) is 34.1 Å². The minimum atomic E-state index is -1.01. The molecule has 0 bridgehead atoms. The maximum absolute atomic E-state index is 12.3. The largest absolute Gasteiger partial charge is 0.466 e. The molecule has 0 fully saturated rings. The Balaban J connectivity index is 5.18. The SMILES string of the molecule is CCOC(=O)CC(=O)SC(C)(C)C(NC(=O)C(C)CC)C(=O)OCC. The number of nitrogens with one attached hydrogen (secondary N) is 1. The molecule has 25 heavy (non-hydrogen) atoms. The number of rotatable bonds is 10. The fraction of sp³-hybridized carbons (Fsp3) is 0.765. The van der Waals surface area contributed by atoms with Crippen molar-refractivity contribution in [3.05, 3.63) is 0 Å². The van der Waals surface area contributed by atoms with E-state index < -0.39 is 34.3 Å². The second-order valence-electron chi connectivity index (χ2n) is 6.06. The maximum Gasteiger partial charge on any atom is 0.330 e. The van der Waals surface area contributed by atoms with E-state index in [1.54, 1.807) is 34.6 Å². The van der Waals surface area contributed by atoms with Gasteiger partial charge in [-0.3, -0.25) is 14.4 Å². The molecule has 0 saturated heterocycles. The Morgan fingerprint density at radius 1 is 1.04 bits per heavy atom. The van der Waals surface area contributed by atoms with Gasteiger partial charge in [-0.15, -0.1) is 0 Å². The zero-order valence-corrected chi connectivity index (χ0v) is 16.7. The molecule has 0 saturated carbocycles. The highest BCUT2D eigenvalue weighted by molar-refractivity contribution is 8.14. The molecule has 0 aliphatic carbocycles. The van der Waals surface area contributed by atoms with Gasteiger partial charge in [0, 0.05) is 10.7 Å². The summed E-state index contributed by atoms with van der Waals surface area (Å²) in [5, 5.41) is 2.24. The third kappa shape index (κ3) is 8.38. The van der Waals surface area contributed by atoms with Crippen molar-refractivity contribution in [2.24, 2.45) is 5.92 Å². The monoisotopic (exact) mass is 375 g/mol. The summed E-state index contributed by atoms with van der Waals surface area (Å²) in [6.45, 7) is 10.6. The minimum absolute atomic E-state index is 0.159. The van der Waals surface area contributed by atoms with Crippen molar-refractivity contribution in [2.75, 3.05) is 13.2 Å². The molecule has 0 aliphatic rings. The van der Waals surface area contributed by atoms with Gasteiger partial charge >= 0.3 is 11.9 Å². The Morgan fingerprint density at radius 3 is 2.08 bits per heavy atom. The van der Waals surface area contributed by atoms with E-state index >= 15 is 0 Å². The van der Waals surface area contributed by atoms with Crippen LogP contribution in [0, 0.1) is 5.92 Å².